The van der Waals surface area contributed by atoms with Gasteiger partial charge in [0.2, 0.25) is 5.91 Å². The minimum Gasteiger partial charge on any atom is -0.481 e. The number of aliphatic carboxylic acids is 1. The van der Waals surface area contributed by atoms with Gasteiger partial charge in [-0.1, -0.05) is 6.92 Å². The smallest absolute Gasteiger partial charge is 0.303 e. The van der Waals surface area contributed by atoms with Gasteiger partial charge in [-0.3, -0.25) is 9.59 Å². The molecule has 1 rings (SSSR count). The molecule has 0 aromatic carbocycles. The van der Waals surface area contributed by atoms with Crippen molar-refractivity contribution in [2.45, 2.75) is 38.7 Å². The van der Waals surface area contributed by atoms with E-state index in [1.165, 1.54) is 0 Å². The molecule has 1 fully saturated rings. The topological polar surface area (TPSA) is 75.6 Å². The third kappa shape index (κ3) is 4.61. The largest absolute Gasteiger partial charge is 0.481 e. The standard InChI is InChI=1S/C11H19NO4/c1-8(4-5-10(13)14)11(15)12-7-9-3-2-6-16-9/h8-9H,2-7H2,1H3,(H,12,15)(H,13,14). The van der Waals surface area contributed by atoms with Crippen LogP contribution in [0.2, 0.25) is 0 Å². The first-order valence-corrected chi connectivity index (χ1v) is 5.70. The summed E-state index contributed by atoms with van der Waals surface area (Å²) in [5, 5.41) is 11.3. The van der Waals surface area contributed by atoms with Gasteiger partial charge in [-0.15, -0.1) is 0 Å². The maximum atomic E-state index is 11.6. The predicted octanol–water partition coefficient (Wildman–Crippen LogP) is 0.782. The molecule has 0 aliphatic carbocycles. The summed E-state index contributed by atoms with van der Waals surface area (Å²) in [6.07, 6.45) is 2.59. The van der Waals surface area contributed by atoms with Gasteiger partial charge in [-0.2, -0.15) is 0 Å². The fraction of sp³-hybridized carbons (Fsp3) is 0.818. The van der Waals surface area contributed by atoms with E-state index in [1.54, 1.807) is 6.92 Å². The first kappa shape index (κ1) is 13.0. The van der Waals surface area contributed by atoms with E-state index in [9.17, 15) is 9.59 Å². The quantitative estimate of drug-likeness (QED) is 0.705. The van der Waals surface area contributed by atoms with Gasteiger partial charge in [-0.25, -0.2) is 0 Å². The lowest BCUT2D eigenvalue weighted by atomic mass is 10.0. The molecule has 0 spiro atoms. The third-order valence-electron chi connectivity index (χ3n) is 2.77. The van der Waals surface area contributed by atoms with E-state index in [4.69, 9.17) is 9.84 Å². The summed E-state index contributed by atoms with van der Waals surface area (Å²) < 4.78 is 5.37. The van der Waals surface area contributed by atoms with Crippen LogP contribution in [0.4, 0.5) is 0 Å². The molecule has 0 aromatic heterocycles. The second-order valence-corrected chi connectivity index (χ2v) is 4.21. The first-order chi connectivity index (χ1) is 7.59. The molecule has 1 heterocycles. The van der Waals surface area contributed by atoms with Crippen LogP contribution in [0, 0.1) is 5.92 Å². The van der Waals surface area contributed by atoms with Gasteiger partial charge in [0.1, 0.15) is 0 Å². The van der Waals surface area contributed by atoms with Crippen molar-refractivity contribution >= 4 is 11.9 Å². The van der Waals surface area contributed by atoms with Gasteiger partial charge in [0.05, 0.1) is 6.10 Å². The molecule has 0 bridgehead atoms. The Morgan fingerprint density at radius 2 is 2.31 bits per heavy atom. The van der Waals surface area contributed by atoms with E-state index in [-0.39, 0.29) is 24.3 Å². The highest BCUT2D eigenvalue weighted by molar-refractivity contribution is 5.79. The molecule has 1 aliphatic heterocycles. The summed E-state index contributed by atoms with van der Waals surface area (Å²) in [5.41, 5.74) is 0. The van der Waals surface area contributed by atoms with Crippen LogP contribution in [0.3, 0.4) is 0 Å². The highest BCUT2D eigenvalue weighted by atomic mass is 16.5. The van der Waals surface area contributed by atoms with Crippen LogP contribution in [0.1, 0.15) is 32.6 Å². The molecule has 5 nitrogen and oxygen atoms in total. The molecule has 2 N–H and O–H groups in total. The van der Waals surface area contributed by atoms with Gasteiger partial charge in [0.15, 0.2) is 0 Å². The second kappa shape index (κ2) is 6.48. The Balaban J connectivity index is 2.15. The maximum absolute atomic E-state index is 11.6. The summed E-state index contributed by atoms with van der Waals surface area (Å²) in [5.74, 6) is -1.20. The number of hydrogen-bond acceptors (Lipinski definition) is 3. The maximum Gasteiger partial charge on any atom is 0.303 e. The Bertz CT molecular complexity index is 248. The summed E-state index contributed by atoms with van der Waals surface area (Å²) in [6.45, 7) is 3.05. The van der Waals surface area contributed by atoms with Gasteiger partial charge in [0.25, 0.3) is 0 Å². The molecule has 0 saturated carbocycles. The Morgan fingerprint density at radius 3 is 2.88 bits per heavy atom. The lowest BCUT2D eigenvalue weighted by Crippen LogP contribution is -2.35. The van der Waals surface area contributed by atoms with Crippen molar-refractivity contribution in [3.8, 4) is 0 Å². The number of hydrogen-bond donors (Lipinski definition) is 2. The number of amides is 1. The summed E-state index contributed by atoms with van der Waals surface area (Å²) in [6, 6.07) is 0. The number of carbonyl (C=O) groups is 2. The average Bonchev–Trinajstić information content (AvgIpc) is 2.75. The van der Waals surface area contributed by atoms with Gasteiger partial charge >= 0.3 is 5.97 Å². The SMILES string of the molecule is CC(CCC(=O)O)C(=O)NCC1CCCO1. The van der Waals surface area contributed by atoms with E-state index >= 15 is 0 Å². The van der Waals surface area contributed by atoms with Crippen molar-refractivity contribution in [2.75, 3.05) is 13.2 Å². The second-order valence-electron chi connectivity index (χ2n) is 4.21. The zero-order valence-electron chi connectivity index (χ0n) is 9.57. The molecule has 92 valence electrons. The summed E-state index contributed by atoms with van der Waals surface area (Å²) in [4.78, 5) is 21.9. The van der Waals surface area contributed by atoms with Gasteiger partial charge < -0.3 is 15.2 Å². The minimum absolute atomic E-state index is 0.0362. The van der Waals surface area contributed by atoms with Crippen LogP contribution >= 0.6 is 0 Å². The molecule has 1 aliphatic rings. The molecular weight excluding hydrogens is 210 g/mol. The number of rotatable bonds is 6. The predicted molar refractivity (Wildman–Crippen MR) is 58.0 cm³/mol. The average molecular weight is 229 g/mol. The number of carboxylic acids is 1. The Labute approximate surface area is 95.2 Å². The molecule has 1 amide bonds. The molecule has 5 heteroatoms. The van der Waals surface area contributed by atoms with Crippen molar-refractivity contribution in [3.05, 3.63) is 0 Å². The van der Waals surface area contributed by atoms with Crippen LogP contribution in [0.15, 0.2) is 0 Å². The van der Waals surface area contributed by atoms with E-state index < -0.39 is 5.97 Å². The highest BCUT2D eigenvalue weighted by Crippen LogP contribution is 2.11. The van der Waals surface area contributed by atoms with Crippen LogP contribution < -0.4 is 5.32 Å². The van der Waals surface area contributed by atoms with Crippen molar-refractivity contribution in [1.82, 2.24) is 5.32 Å². The Morgan fingerprint density at radius 1 is 1.56 bits per heavy atom. The Hall–Kier alpha value is -1.10. The molecule has 1 saturated heterocycles. The zero-order valence-corrected chi connectivity index (χ0v) is 9.57. The van der Waals surface area contributed by atoms with Gasteiger partial charge in [0, 0.05) is 25.5 Å². The lowest BCUT2D eigenvalue weighted by molar-refractivity contribution is -0.137. The fourth-order valence-electron chi connectivity index (χ4n) is 1.67. The summed E-state index contributed by atoms with van der Waals surface area (Å²) in [7, 11) is 0. The van der Waals surface area contributed by atoms with Crippen LogP contribution in [0.5, 0.6) is 0 Å². The number of nitrogens with one attached hydrogen (secondary N) is 1. The van der Waals surface area contributed by atoms with Crippen molar-refractivity contribution in [1.29, 1.82) is 0 Å². The molecule has 16 heavy (non-hydrogen) atoms. The van der Waals surface area contributed by atoms with Gasteiger partial charge in [-0.05, 0) is 19.3 Å². The molecular formula is C11H19NO4. The van der Waals surface area contributed by atoms with Crippen LogP contribution in [-0.4, -0.2) is 36.2 Å². The van der Waals surface area contributed by atoms with E-state index in [2.05, 4.69) is 5.32 Å². The normalized spacial score (nSPS) is 21.7. The minimum atomic E-state index is -0.862. The van der Waals surface area contributed by atoms with Crippen molar-refractivity contribution in [3.63, 3.8) is 0 Å². The zero-order chi connectivity index (χ0) is 12.0. The first-order valence-electron chi connectivity index (χ1n) is 5.70. The highest BCUT2D eigenvalue weighted by Gasteiger charge is 2.18. The fourth-order valence-corrected chi connectivity index (χ4v) is 1.67. The van der Waals surface area contributed by atoms with E-state index in [1.807, 2.05) is 0 Å². The van der Waals surface area contributed by atoms with E-state index in [0.717, 1.165) is 19.4 Å². The molecule has 2 atom stereocenters. The van der Waals surface area contributed by atoms with E-state index in [0.29, 0.717) is 13.0 Å². The van der Waals surface area contributed by atoms with Crippen molar-refractivity contribution < 1.29 is 19.4 Å². The number of carboxylic acid groups (broad SMARTS) is 1. The third-order valence-corrected chi connectivity index (χ3v) is 2.77. The lowest BCUT2D eigenvalue weighted by Gasteiger charge is -2.14. The molecule has 0 radical (unpaired) electrons. The van der Waals surface area contributed by atoms with Crippen LogP contribution in [0.25, 0.3) is 0 Å². The van der Waals surface area contributed by atoms with Crippen LogP contribution in [-0.2, 0) is 14.3 Å². The molecule has 2 unspecified atom stereocenters. The monoisotopic (exact) mass is 229 g/mol. The number of carbonyl (C=O) groups excluding carboxylic acids is 1. The summed E-state index contributed by atoms with van der Waals surface area (Å²) >= 11 is 0. The molecule has 0 aromatic rings. The Kier molecular flexibility index (Phi) is 5.25. The van der Waals surface area contributed by atoms with Crippen molar-refractivity contribution in [2.24, 2.45) is 5.92 Å². The number of ether oxygens (including phenoxy) is 1.